The molecule has 2 aliphatic rings. The summed E-state index contributed by atoms with van der Waals surface area (Å²) in [6, 6.07) is 6.08. The van der Waals surface area contributed by atoms with Gasteiger partial charge < -0.3 is 19.8 Å². The molecule has 11 nitrogen and oxygen atoms in total. The maximum atomic E-state index is 13.8. The SMILES string of the molecule is Cn1cc(CN2CC(c3cccnc3)C3(C2)OCCN(Cc2ccsc2)C3=O)cn1.O=C(O)C(F)(F)F.O=C(O)C(F)(F)F. The van der Waals surface area contributed by atoms with Gasteiger partial charge in [0.1, 0.15) is 0 Å². The predicted molar refractivity (Wildman–Crippen MR) is 141 cm³/mol. The largest absolute Gasteiger partial charge is 0.490 e. The third kappa shape index (κ3) is 8.99. The number of amides is 1. The van der Waals surface area contributed by atoms with Crippen LogP contribution in [0.5, 0.6) is 0 Å². The van der Waals surface area contributed by atoms with Crippen molar-refractivity contribution in [3.63, 3.8) is 0 Å². The van der Waals surface area contributed by atoms with Gasteiger partial charge in [0.15, 0.2) is 5.60 Å². The average Bonchev–Trinajstić information content (AvgIpc) is 3.68. The minimum absolute atomic E-state index is 0.0550. The first kappa shape index (κ1) is 34.5. The molecule has 1 amide bonds. The van der Waals surface area contributed by atoms with Gasteiger partial charge in [-0.15, -0.1) is 0 Å². The molecule has 44 heavy (non-hydrogen) atoms. The number of carbonyl (C=O) groups excluding carboxylic acids is 1. The van der Waals surface area contributed by atoms with E-state index in [1.54, 1.807) is 17.5 Å². The summed E-state index contributed by atoms with van der Waals surface area (Å²) in [6.07, 6.45) is -2.62. The lowest BCUT2D eigenvalue weighted by Gasteiger charge is -2.42. The summed E-state index contributed by atoms with van der Waals surface area (Å²) in [5, 5.41) is 22.7. The van der Waals surface area contributed by atoms with Gasteiger partial charge in [0.05, 0.1) is 12.8 Å². The molecular formula is C26H27F6N5O6S. The van der Waals surface area contributed by atoms with Gasteiger partial charge in [0.2, 0.25) is 0 Å². The maximum Gasteiger partial charge on any atom is 0.490 e. The summed E-state index contributed by atoms with van der Waals surface area (Å²) >= 11 is 1.66. The molecule has 0 aromatic carbocycles. The topological polar surface area (TPSA) is 138 Å². The number of aromatic nitrogens is 3. The van der Waals surface area contributed by atoms with E-state index < -0.39 is 29.9 Å². The van der Waals surface area contributed by atoms with E-state index in [4.69, 9.17) is 24.5 Å². The zero-order valence-electron chi connectivity index (χ0n) is 23.0. The van der Waals surface area contributed by atoms with E-state index in [0.29, 0.717) is 26.2 Å². The van der Waals surface area contributed by atoms with Crippen LogP contribution in [0.3, 0.4) is 0 Å². The molecule has 240 valence electrons. The van der Waals surface area contributed by atoms with E-state index in [2.05, 4.69) is 37.9 Å². The van der Waals surface area contributed by atoms with Gasteiger partial charge in [-0.1, -0.05) is 6.07 Å². The molecule has 0 radical (unpaired) electrons. The summed E-state index contributed by atoms with van der Waals surface area (Å²) in [4.78, 5) is 40.2. The van der Waals surface area contributed by atoms with Crippen molar-refractivity contribution < 1.29 is 55.7 Å². The number of hydrogen-bond donors (Lipinski definition) is 2. The van der Waals surface area contributed by atoms with Crippen LogP contribution in [-0.2, 0) is 39.3 Å². The Labute approximate surface area is 250 Å². The number of pyridine rings is 1. The lowest BCUT2D eigenvalue weighted by molar-refractivity contribution is -0.193. The van der Waals surface area contributed by atoms with Gasteiger partial charge in [0, 0.05) is 69.8 Å². The number of ether oxygens (including phenoxy) is 1. The molecular weight excluding hydrogens is 624 g/mol. The number of thiophene rings is 1. The molecule has 0 saturated carbocycles. The van der Waals surface area contributed by atoms with Crippen LogP contribution in [-0.4, -0.2) is 96.8 Å². The van der Waals surface area contributed by atoms with Crippen LogP contribution >= 0.6 is 11.3 Å². The molecule has 18 heteroatoms. The number of carbonyl (C=O) groups is 3. The quantitative estimate of drug-likeness (QED) is 0.397. The van der Waals surface area contributed by atoms with Gasteiger partial charge in [0.25, 0.3) is 5.91 Å². The van der Waals surface area contributed by atoms with E-state index in [1.807, 2.05) is 41.3 Å². The van der Waals surface area contributed by atoms with Gasteiger partial charge in [-0.3, -0.25) is 19.4 Å². The molecule has 2 N–H and O–H groups in total. The maximum absolute atomic E-state index is 13.8. The van der Waals surface area contributed by atoms with Crippen LogP contribution < -0.4 is 0 Å². The zero-order valence-corrected chi connectivity index (χ0v) is 23.8. The third-order valence-corrected chi connectivity index (χ3v) is 7.25. The number of alkyl halides is 6. The number of morpholine rings is 1. The van der Waals surface area contributed by atoms with Crippen molar-refractivity contribution in [1.29, 1.82) is 0 Å². The fraction of sp³-hybridized carbons (Fsp3) is 0.423. The fourth-order valence-corrected chi connectivity index (χ4v) is 5.35. The summed E-state index contributed by atoms with van der Waals surface area (Å²) in [5.74, 6) is -5.48. The van der Waals surface area contributed by atoms with E-state index in [-0.39, 0.29) is 11.8 Å². The Kier molecular flexibility index (Phi) is 11.1. The molecule has 0 bridgehead atoms. The highest BCUT2D eigenvalue weighted by molar-refractivity contribution is 7.07. The predicted octanol–water partition coefficient (Wildman–Crippen LogP) is 3.54. The molecule has 2 fully saturated rings. The summed E-state index contributed by atoms with van der Waals surface area (Å²) in [6.45, 7) is 3.87. The molecule has 3 aromatic rings. The first-order valence-electron chi connectivity index (χ1n) is 12.7. The summed E-state index contributed by atoms with van der Waals surface area (Å²) < 4.78 is 71.6. The molecule has 5 rings (SSSR count). The average molecular weight is 652 g/mol. The Morgan fingerprint density at radius 3 is 2.23 bits per heavy atom. The number of rotatable bonds is 5. The molecule has 3 aromatic heterocycles. The Morgan fingerprint density at radius 2 is 1.73 bits per heavy atom. The first-order valence-corrected chi connectivity index (χ1v) is 13.6. The molecule has 2 saturated heterocycles. The normalized spacial score (nSPS) is 20.5. The highest BCUT2D eigenvalue weighted by atomic mass is 32.1. The van der Waals surface area contributed by atoms with Crippen molar-refractivity contribution in [2.45, 2.75) is 37.0 Å². The number of aliphatic carboxylic acids is 2. The van der Waals surface area contributed by atoms with Crippen molar-refractivity contribution in [3.8, 4) is 0 Å². The van der Waals surface area contributed by atoms with Crippen molar-refractivity contribution in [2.75, 3.05) is 26.2 Å². The molecule has 2 unspecified atom stereocenters. The van der Waals surface area contributed by atoms with Crippen LogP contribution in [0.25, 0.3) is 0 Å². The number of likely N-dealkylation sites (tertiary alicyclic amines) is 1. The van der Waals surface area contributed by atoms with E-state index in [0.717, 1.165) is 24.2 Å². The second-order valence-corrected chi connectivity index (χ2v) is 10.5. The van der Waals surface area contributed by atoms with Crippen LogP contribution in [0, 0.1) is 0 Å². The molecule has 5 heterocycles. The van der Waals surface area contributed by atoms with Crippen LogP contribution in [0.1, 0.15) is 22.6 Å². The highest BCUT2D eigenvalue weighted by Gasteiger charge is 2.57. The number of carboxylic acid groups (broad SMARTS) is 2. The number of hydrogen-bond acceptors (Lipinski definition) is 8. The number of halogens is 6. The zero-order chi connectivity index (χ0) is 32.7. The monoisotopic (exact) mass is 651 g/mol. The number of nitrogens with zero attached hydrogens (tertiary/aromatic N) is 5. The van der Waals surface area contributed by atoms with Crippen LogP contribution in [0.15, 0.2) is 53.7 Å². The fourth-order valence-electron chi connectivity index (χ4n) is 4.69. The lowest BCUT2D eigenvalue weighted by atomic mass is 9.83. The Morgan fingerprint density at radius 1 is 1.07 bits per heavy atom. The second-order valence-electron chi connectivity index (χ2n) is 9.73. The standard InChI is InChI=1S/C22H25N5O2S.2C2HF3O2/c1-25-11-18(9-24-25)12-26-14-20(19-3-2-5-23-10-19)22(16-26)21(28)27(6-7-29-22)13-17-4-8-30-15-17;2*3-2(4,5)1(6)7/h2-5,8-11,15,20H,6-7,12-14,16H2,1H3;2*(H,6,7). The first-order chi connectivity index (χ1) is 20.5. The van der Waals surface area contributed by atoms with E-state index in [1.165, 1.54) is 5.56 Å². The van der Waals surface area contributed by atoms with E-state index in [9.17, 15) is 31.1 Å². The summed E-state index contributed by atoms with van der Waals surface area (Å²) in [5.41, 5.74) is 2.49. The third-order valence-electron chi connectivity index (χ3n) is 6.52. The van der Waals surface area contributed by atoms with Crippen LogP contribution in [0.4, 0.5) is 26.3 Å². The minimum atomic E-state index is -5.08. The van der Waals surface area contributed by atoms with Gasteiger partial charge in [-0.2, -0.15) is 42.8 Å². The lowest BCUT2D eigenvalue weighted by Crippen LogP contribution is -2.59. The summed E-state index contributed by atoms with van der Waals surface area (Å²) in [7, 11) is 1.92. The Bertz CT molecular complexity index is 1380. The van der Waals surface area contributed by atoms with Gasteiger partial charge >= 0.3 is 24.3 Å². The van der Waals surface area contributed by atoms with Crippen LogP contribution in [0.2, 0.25) is 0 Å². The second kappa shape index (κ2) is 14.2. The van der Waals surface area contributed by atoms with Crippen molar-refractivity contribution in [3.05, 3.63) is 70.4 Å². The van der Waals surface area contributed by atoms with Crippen molar-refractivity contribution >= 4 is 29.2 Å². The number of carboxylic acids is 2. The number of aryl methyl sites for hydroxylation is 1. The van der Waals surface area contributed by atoms with Gasteiger partial charge in [-0.25, -0.2) is 9.59 Å². The molecule has 0 aliphatic carbocycles. The molecule has 1 spiro atoms. The van der Waals surface area contributed by atoms with Gasteiger partial charge in [-0.05, 0) is 34.0 Å². The van der Waals surface area contributed by atoms with Crippen molar-refractivity contribution in [1.82, 2.24) is 24.6 Å². The highest BCUT2D eigenvalue weighted by Crippen LogP contribution is 2.42. The molecule has 2 atom stereocenters. The Balaban J connectivity index is 0.000000317. The molecule has 2 aliphatic heterocycles. The smallest absolute Gasteiger partial charge is 0.475 e. The minimum Gasteiger partial charge on any atom is -0.475 e. The van der Waals surface area contributed by atoms with Crippen molar-refractivity contribution in [2.24, 2.45) is 7.05 Å². The Hall–Kier alpha value is -4.03. The van der Waals surface area contributed by atoms with E-state index >= 15 is 0 Å².